The summed E-state index contributed by atoms with van der Waals surface area (Å²) in [5.41, 5.74) is 0.688. The molecule has 0 bridgehead atoms. The van der Waals surface area contributed by atoms with Crippen LogP contribution < -0.4 is 4.90 Å². The van der Waals surface area contributed by atoms with Gasteiger partial charge in [0, 0.05) is 37.6 Å². The van der Waals surface area contributed by atoms with Crippen molar-refractivity contribution >= 4 is 11.5 Å². The molecule has 1 N–H and O–H groups in total. The predicted octanol–water partition coefficient (Wildman–Crippen LogP) is 1.31. The van der Waals surface area contributed by atoms with Crippen molar-refractivity contribution in [3.8, 4) is 0 Å². The fourth-order valence-corrected chi connectivity index (χ4v) is 3.23. The summed E-state index contributed by atoms with van der Waals surface area (Å²) in [7, 11) is 0. The summed E-state index contributed by atoms with van der Waals surface area (Å²) in [5.74, 6) is 1.84. The van der Waals surface area contributed by atoms with E-state index >= 15 is 0 Å². The Balaban J connectivity index is 1.79. The first-order valence-electron chi connectivity index (χ1n) is 8.77. The Labute approximate surface area is 143 Å². The Bertz CT molecular complexity index is 680. The Morgan fingerprint density at radius 1 is 1.12 bits per heavy atom. The highest BCUT2D eigenvalue weighted by Crippen LogP contribution is 2.22. The van der Waals surface area contributed by atoms with Gasteiger partial charge >= 0.3 is 0 Å². The highest BCUT2D eigenvalue weighted by Gasteiger charge is 2.25. The van der Waals surface area contributed by atoms with E-state index in [2.05, 4.69) is 47.7 Å². The maximum absolute atomic E-state index is 9.48. The molecule has 0 spiro atoms. The Morgan fingerprint density at radius 3 is 2.42 bits per heavy atom. The average molecular weight is 332 g/mol. The minimum absolute atomic E-state index is 0.0980. The zero-order chi connectivity index (χ0) is 17.3. The Morgan fingerprint density at radius 2 is 1.83 bits per heavy atom. The van der Waals surface area contributed by atoms with Crippen molar-refractivity contribution < 1.29 is 5.11 Å². The second-order valence-corrected chi connectivity index (χ2v) is 7.50. The van der Waals surface area contributed by atoms with Crippen LogP contribution in [0.3, 0.4) is 0 Å². The average Bonchev–Trinajstić information content (AvgIpc) is 3.00. The van der Waals surface area contributed by atoms with E-state index in [0.29, 0.717) is 0 Å². The highest BCUT2D eigenvalue weighted by atomic mass is 16.3. The first-order valence-corrected chi connectivity index (χ1v) is 8.77. The maximum Gasteiger partial charge on any atom is 0.178 e. The van der Waals surface area contributed by atoms with Crippen LogP contribution in [-0.4, -0.2) is 68.6 Å². The van der Waals surface area contributed by atoms with Gasteiger partial charge < -0.3 is 10.0 Å². The lowest BCUT2D eigenvalue weighted by atomic mass is 9.96. The molecule has 0 saturated carbocycles. The van der Waals surface area contributed by atoms with E-state index in [4.69, 9.17) is 5.10 Å². The van der Waals surface area contributed by atoms with Crippen LogP contribution in [0.15, 0.2) is 12.1 Å². The molecule has 7 heteroatoms. The first-order chi connectivity index (χ1) is 11.4. The fraction of sp³-hybridized carbons (Fsp3) is 0.706. The molecule has 2 aromatic heterocycles. The smallest absolute Gasteiger partial charge is 0.178 e. The Kier molecular flexibility index (Phi) is 4.73. The molecule has 0 aliphatic carbocycles. The fourth-order valence-electron chi connectivity index (χ4n) is 3.23. The van der Waals surface area contributed by atoms with E-state index in [-0.39, 0.29) is 18.1 Å². The minimum atomic E-state index is -0.0980. The van der Waals surface area contributed by atoms with Crippen molar-refractivity contribution in [1.29, 1.82) is 0 Å². The summed E-state index contributed by atoms with van der Waals surface area (Å²) in [5, 5.41) is 22.8. The molecular weight excluding hydrogens is 304 g/mol. The van der Waals surface area contributed by atoms with Crippen LogP contribution in [0.4, 0.5) is 5.82 Å². The van der Waals surface area contributed by atoms with Gasteiger partial charge in [0.2, 0.25) is 0 Å². The van der Waals surface area contributed by atoms with E-state index in [1.165, 1.54) is 0 Å². The molecule has 1 saturated heterocycles. The van der Waals surface area contributed by atoms with Gasteiger partial charge in [-0.15, -0.1) is 15.3 Å². The van der Waals surface area contributed by atoms with Crippen LogP contribution in [0.1, 0.15) is 39.9 Å². The van der Waals surface area contributed by atoms with Crippen LogP contribution >= 0.6 is 0 Å². The summed E-state index contributed by atoms with van der Waals surface area (Å²) in [4.78, 5) is 4.67. The number of hydrogen-bond donors (Lipinski definition) is 1. The summed E-state index contributed by atoms with van der Waals surface area (Å²) in [6, 6.07) is 4.28. The summed E-state index contributed by atoms with van der Waals surface area (Å²) in [6.07, 6.45) is 0.982. The SMILES string of the molecule is CCC(CO)N1CCN(c2ccc3nnc(C(C)(C)C)n3n2)CC1. The van der Waals surface area contributed by atoms with Crippen molar-refractivity contribution in [3.05, 3.63) is 18.0 Å². The third kappa shape index (κ3) is 3.23. The van der Waals surface area contributed by atoms with Gasteiger partial charge in [-0.05, 0) is 18.6 Å². The molecule has 1 fully saturated rings. The molecule has 1 atom stereocenters. The van der Waals surface area contributed by atoms with Crippen molar-refractivity contribution in [2.45, 2.75) is 45.6 Å². The van der Waals surface area contributed by atoms with Crippen LogP contribution in [-0.2, 0) is 5.41 Å². The van der Waals surface area contributed by atoms with Gasteiger partial charge in [0.25, 0.3) is 0 Å². The molecule has 1 aliphatic rings. The van der Waals surface area contributed by atoms with Gasteiger partial charge in [0.1, 0.15) is 5.82 Å². The lowest BCUT2D eigenvalue weighted by Gasteiger charge is -2.38. The van der Waals surface area contributed by atoms with E-state index in [1.54, 1.807) is 0 Å². The predicted molar refractivity (Wildman–Crippen MR) is 94.4 cm³/mol. The molecule has 24 heavy (non-hydrogen) atoms. The largest absolute Gasteiger partial charge is 0.395 e. The van der Waals surface area contributed by atoms with Gasteiger partial charge in [-0.1, -0.05) is 27.7 Å². The number of hydrogen-bond acceptors (Lipinski definition) is 6. The van der Waals surface area contributed by atoms with Gasteiger partial charge in [-0.3, -0.25) is 4.90 Å². The van der Waals surface area contributed by atoms with Crippen LogP contribution in [0.2, 0.25) is 0 Å². The molecule has 3 heterocycles. The molecule has 1 unspecified atom stereocenters. The monoisotopic (exact) mass is 332 g/mol. The van der Waals surface area contributed by atoms with Crippen molar-refractivity contribution in [3.63, 3.8) is 0 Å². The summed E-state index contributed by atoms with van der Waals surface area (Å²) in [6.45, 7) is 12.5. The molecule has 0 radical (unpaired) electrons. The number of piperazine rings is 1. The second-order valence-electron chi connectivity index (χ2n) is 7.50. The van der Waals surface area contributed by atoms with E-state index in [9.17, 15) is 5.11 Å². The molecule has 7 nitrogen and oxygen atoms in total. The highest BCUT2D eigenvalue weighted by molar-refractivity contribution is 5.46. The van der Waals surface area contributed by atoms with E-state index in [1.807, 2.05) is 16.6 Å². The molecule has 132 valence electrons. The number of aliphatic hydroxyl groups excluding tert-OH is 1. The molecule has 0 aromatic carbocycles. The summed E-state index contributed by atoms with van der Waals surface area (Å²) < 4.78 is 1.87. The third-order valence-corrected chi connectivity index (χ3v) is 4.76. The number of anilines is 1. The van der Waals surface area contributed by atoms with Crippen LogP contribution in [0, 0.1) is 0 Å². The minimum Gasteiger partial charge on any atom is -0.395 e. The van der Waals surface area contributed by atoms with Gasteiger partial charge in [-0.2, -0.15) is 4.52 Å². The lowest BCUT2D eigenvalue weighted by molar-refractivity contribution is 0.114. The quantitative estimate of drug-likeness (QED) is 0.910. The topological polar surface area (TPSA) is 69.8 Å². The number of aromatic nitrogens is 4. The van der Waals surface area contributed by atoms with Crippen molar-refractivity contribution in [2.75, 3.05) is 37.7 Å². The standard InChI is InChI=1S/C17H28N6O/c1-5-13(12-24)21-8-10-22(11-9-21)15-7-6-14-18-19-16(17(2,3)4)23(14)20-15/h6-7,13,24H,5,8-12H2,1-4H3. The normalized spacial score (nSPS) is 18.3. The van der Waals surface area contributed by atoms with Gasteiger partial charge in [0.05, 0.1) is 6.61 Å². The van der Waals surface area contributed by atoms with E-state index < -0.39 is 0 Å². The molecule has 3 rings (SSSR count). The maximum atomic E-state index is 9.48. The van der Waals surface area contributed by atoms with Crippen LogP contribution in [0.5, 0.6) is 0 Å². The number of nitrogens with zero attached hydrogens (tertiary/aromatic N) is 6. The number of aliphatic hydroxyl groups is 1. The van der Waals surface area contributed by atoms with E-state index in [0.717, 1.165) is 49.9 Å². The van der Waals surface area contributed by atoms with Gasteiger partial charge in [-0.25, -0.2) is 0 Å². The first kappa shape index (κ1) is 17.1. The summed E-state index contributed by atoms with van der Waals surface area (Å²) >= 11 is 0. The Hall–Kier alpha value is -1.73. The molecule has 0 amide bonds. The van der Waals surface area contributed by atoms with Gasteiger partial charge in [0.15, 0.2) is 11.5 Å². The zero-order valence-corrected chi connectivity index (χ0v) is 15.1. The second kappa shape index (κ2) is 6.64. The van der Waals surface area contributed by atoms with Crippen LogP contribution in [0.25, 0.3) is 5.65 Å². The van der Waals surface area contributed by atoms with Crippen molar-refractivity contribution in [2.24, 2.45) is 0 Å². The third-order valence-electron chi connectivity index (χ3n) is 4.76. The number of rotatable bonds is 4. The number of fused-ring (bicyclic) bond motifs is 1. The van der Waals surface area contributed by atoms with Crippen molar-refractivity contribution in [1.82, 2.24) is 24.7 Å². The molecular formula is C17H28N6O. The lowest BCUT2D eigenvalue weighted by Crippen LogP contribution is -2.51. The molecule has 1 aliphatic heterocycles. The zero-order valence-electron chi connectivity index (χ0n) is 15.1. The molecule has 2 aromatic rings.